The Kier molecular flexibility index (Phi) is 6.11. The number of hydrogen-bond donors (Lipinski definition) is 1. The van der Waals surface area contributed by atoms with Crippen molar-refractivity contribution in [2.24, 2.45) is 5.92 Å². The highest BCUT2D eigenvalue weighted by atomic mass is 127. The third-order valence-electron chi connectivity index (χ3n) is 6.53. The molecular weight excluding hydrogens is 531 g/mol. The molecular formula is C26H27IN2O2S. The lowest BCUT2D eigenvalue weighted by Crippen LogP contribution is -2.43. The molecule has 0 saturated heterocycles. The predicted octanol–water partition coefficient (Wildman–Crippen LogP) is 6.29. The molecule has 4 nitrogen and oxygen atoms in total. The van der Waals surface area contributed by atoms with E-state index in [1.807, 2.05) is 6.07 Å². The van der Waals surface area contributed by atoms with E-state index in [9.17, 15) is 4.79 Å². The maximum Gasteiger partial charge on any atom is 0.327 e. The first-order valence-electron chi connectivity index (χ1n) is 11.1. The fourth-order valence-corrected chi connectivity index (χ4v) is 7.17. The van der Waals surface area contributed by atoms with Crippen LogP contribution in [0, 0.1) is 5.92 Å². The van der Waals surface area contributed by atoms with Crippen LogP contribution >= 0.6 is 34.4 Å². The van der Waals surface area contributed by atoms with Gasteiger partial charge in [0.2, 0.25) is 0 Å². The number of carbonyl (C=O) groups is 1. The molecule has 2 aliphatic heterocycles. The van der Waals surface area contributed by atoms with Gasteiger partial charge in [-0.2, -0.15) is 0 Å². The van der Waals surface area contributed by atoms with Gasteiger partial charge < -0.3 is 9.72 Å². The number of hydrogen-bond acceptors (Lipinski definition) is 4. The Morgan fingerprint density at radius 2 is 2.03 bits per heavy atom. The van der Waals surface area contributed by atoms with Crippen LogP contribution in [0.4, 0.5) is 0 Å². The lowest BCUT2D eigenvalue weighted by Gasteiger charge is -2.39. The standard InChI is InChI=1S/C26H27IN2O2S/c1-3-17-11-18-13-26(27,25(30)31-2)24-22(16-29(14-17)15-18)21-12-20(9-10-23(21)28-24)32-19-7-5-4-6-8-19/h4-12,18,28H,3,13-16H2,1-2H3/t18-,26+/m1/s1. The number of alkyl halides is 1. The molecule has 2 aliphatic rings. The summed E-state index contributed by atoms with van der Waals surface area (Å²) >= 11 is 4.11. The molecule has 0 amide bonds. The van der Waals surface area contributed by atoms with Crippen LogP contribution in [-0.4, -0.2) is 36.1 Å². The lowest BCUT2D eigenvalue weighted by atomic mass is 9.84. The van der Waals surface area contributed by atoms with E-state index in [0.717, 1.165) is 43.7 Å². The molecule has 3 atom stereocenters. The Hall–Kier alpha value is -1.77. The Labute approximate surface area is 206 Å². The number of halogens is 1. The average molecular weight is 558 g/mol. The second-order valence-corrected chi connectivity index (χ2v) is 11.7. The van der Waals surface area contributed by atoms with Gasteiger partial charge in [0, 0.05) is 46.0 Å². The van der Waals surface area contributed by atoms with Crippen molar-refractivity contribution in [3.05, 3.63) is 71.4 Å². The van der Waals surface area contributed by atoms with Gasteiger partial charge in [0.05, 0.1) is 7.11 Å². The van der Waals surface area contributed by atoms with E-state index >= 15 is 0 Å². The second kappa shape index (κ2) is 8.88. The largest absolute Gasteiger partial charge is 0.468 e. The van der Waals surface area contributed by atoms with E-state index in [0.29, 0.717) is 5.92 Å². The van der Waals surface area contributed by atoms with E-state index < -0.39 is 3.42 Å². The maximum atomic E-state index is 13.1. The van der Waals surface area contributed by atoms with Gasteiger partial charge in [-0.05, 0) is 54.7 Å². The van der Waals surface area contributed by atoms with Gasteiger partial charge >= 0.3 is 5.97 Å². The average Bonchev–Trinajstić information content (AvgIpc) is 3.16. The summed E-state index contributed by atoms with van der Waals surface area (Å²) in [6, 6.07) is 17.0. The predicted molar refractivity (Wildman–Crippen MR) is 138 cm³/mol. The van der Waals surface area contributed by atoms with E-state index in [-0.39, 0.29) is 5.97 Å². The number of methoxy groups -OCH3 is 1. The molecule has 6 heteroatoms. The zero-order valence-corrected chi connectivity index (χ0v) is 21.3. The zero-order chi connectivity index (χ0) is 22.3. The van der Waals surface area contributed by atoms with E-state index in [2.05, 4.69) is 87.9 Å². The minimum Gasteiger partial charge on any atom is -0.468 e. The molecule has 1 N–H and O–H groups in total. The second-order valence-electron chi connectivity index (χ2n) is 8.71. The normalized spacial score (nSPS) is 24.9. The molecule has 0 radical (unpaired) electrons. The molecule has 1 unspecified atom stereocenters. The van der Waals surface area contributed by atoms with Crippen LogP contribution in [0.25, 0.3) is 10.9 Å². The van der Waals surface area contributed by atoms with Crippen LogP contribution in [0.15, 0.2) is 70.0 Å². The van der Waals surface area contributed by atoms with Crippen molar-refractivity contribution in [3.63, 3.8) is 0 Å². The Morgan fingerprint density at radius 3 is 2.78 bits per heavy atom. The zero-order valence-electron chi connectivity index (χ0n) is 18.4. The van der Waals surface area contributed by atoms with E-state index in [4.69, 9.17) is 4.74 Å². The summed E-state index contributed by atoms with van der Waals surface area (Å²) in [5, 5.41) is 1.21. The minimum atomic E-state index is -0.725. The number of esters is 1. The van der Waals surface area contributed by atoms with Crippen LogP contribution in [0.3, 0.4) is 0 Å². The molecule has 3 aromatic rings. The smallest absolute Gasteiger partial charge is 0.327 e. The summed E-state index contributed by atoms with van der Waals surface area (Å²) in [7, 11) is 1.50. The van der Waals surface area contributed by atoms with Gasteiger partial charge in [-0.15, -0.1) is 0 Å². The fourth-order valence-electron chi connectivity index (χ4n) is 5.05. The topological polar surface area (TPSA) is 45.3 Å². The molecule has 3 heterocycles. The van der Waals surface area contributed by atoms with Crippen LogP contribution in [0.2, 0.25) is 0 Å². The highest BCUT2D eigenvalue weighted by Gasteiger charge is 2.46. The molecule has 2 aromatic carbocycles. The van der Waals surface area contributed by atoms with Crippen molar-refractivity contribution >= 4 is 51.2 Å². The van der Waals surface area contributed by atoms with Gasteiger partial charge in [0.15, 0.2) is 3.42 Å². The minimum absolute atomic E-state index is 0.171. The summed E-state index contributed by atoms with van der Waals surface area (Å²) in [4.78, 5) is 21.7. The van der Waals surface area contributed by atoms with Crippen molar-refractivity contribution in [3.8, 4) is 0 Å². The van der Waals surface area contributed by atoms with Gasteiger partial charge in [-0.1, -0.05) is 71.1 Å². The molecule has 0 saturated carbocycles. The quantitative estimate of drug-likeness (QED) is 0.177. The third-order valence-corrected chi connectivity index (χ3v) is 8.95. The van der Waals surface area contributed by atoms with Crippen molar-refractivity contribution < 1.29 is 9.53 Å². The number of nitrogens with one attached hydrogen (secondary N) is 1. The molecule has 0 fully saturated rings. The highest BCUT2D eigenvalue weighted by Crippen LogP contribution is 2.46. The molecule has 2 bridgehead atoms. The number of benzene rings is 2. The molecule has 0 spiro atoms. The first kappa shape index (κ1) is 22.0. The van der Waals surface area contributed by atoms with Crippen molar-refractivity contribution in [2.75, 3.05) is 20.2 Å². The SMILES string of the molecule is CCC1=C[C@H]2CN(C1)Cc1c([nH]c3ccc(Sc4ccccc4)cc13)[C@](I)(C(=O)OC)C2. The fraction of sp³-hybridized carbons (Fsp3) is 0.346. The molecule has 0 aliphatic carbocycles. The van der Waals surface area contributed by atoms with Crippen LogP contribution in [0.5, 0.6) is 0 Å². The summed E-state index contributed by atoms with van der Waals surface area (Å²) < 4.78 is 4.61. The Bertz CT molecular complexity index is 1190. The number of ether oxygens (including phenoxy) is 1. The number of aromatic amines is 1. The number of aromatic nitrogens is 1. The van der Waals surface area contributed by atoms with Crippen molar-refractivity contribution in [1.82, 2.24) is 9.88 Å². The molecule has 5 rings (SSSR count). The summed E-state index contributed by atoms with van der Waals surface area (Å²) in [6.45, 7) is 5.05. The lowest BCUT2D eigenvalue weighted by molar-refractivity contribution is -0.143. The Balaban J connectivity index is 1.63. The first-order valence-corrected chi connectivity index (χ1v) is 13.0. The summed E-state index contributed by atoms with van der Waals surface area (Å²) in [5.74, 6) is 0.175. The van der Waals surface area contributed by atoms with Crippen molar-refractivity contribution in [2.45, 2.75) is 39.5 Å². The van der Waals surface area contributed by atoms with Gasteiger partial charge in [0.25, 0.3) is 0 Å². The van der Waals surface area contributed by atoms with E-state index in [1.54, 1.807) is 11.8 Å². The number of H-pyrrole nitrogens is 1. The van der Waals surface area contributed by atoms with Crippen LogP contribution < -0.4 is 0 Å². The summed E-state index contributed by atoms with van der Waals surface area (Å²) in [6.07, 6.45) is 4.19. The third kappa shape index (κ3) is 4.01. The van der Waals surface area contributed by atoms with Crippen LogP contribution in [-0.2, 0) is 19.5 Å². The number of rotatable bonds is 4. The Morgan fingerprint density at radius 1 is 1.22 bits per heavy atom. The first-order chi connectivity index (χ1) is 15.5. The van der Waals surface area contributed by atoms with Gasteiger partial charge in [-0.25, -0.2) is 0 Å². The molecule has 1 aromatic heterocycles. The van der Waals surface area contributed by atoms with Crippen LogP contribution in [0.1, 0.15) is 31.0 Å². The number of nitrogens with zero attached hydrogens (tertiary/aromatic N) is 1. The number of carbonyl (C=O) groups excluding carboxylic acids is 1. The summed E-state index contributed by atoms with van der Waals surface area (Å²) in [5.41, 5.74) is 4.78. The molecule has 166 valence electrons. The van der Waals surface area contributed by atoms with Gasteiger partial charge in [-0.3, -0.25) is 9.69 Å². The highest BCUT2D eigenvalue weighted by molar-refractivity contribution is 14.1. The molecule has 32 heavy (non-hydrogen) atoms. The van der Waals surface area contributed by atoms with E-state index in [1.165, 1.54) is 33.4 Å². The van der Waals surface area contributed by atoms with Gasteiger partial charge in [0.1, 0.15) is 0 Å². The number of fused-ring (bicyclic) bond motifs is 5. The monoisotopic (exact) mass is 558 g/mol. The van der Waals surface area contributed by atoms with Crippen molar-refractivity contribution in [1.29, 1.82) is 0 Å². The maximum absolute atomic E-state index is 13.1.